The average molecular weight is 459 g/mol. The fourth-order valence-electron chi connectivity index (χ4n) is 3.91. The van der Waals surface area contributed by atoms with Crippen LogP contribution in [0.5, 0.6) is 0 Å². The van der Waals surface area contributed by atoms with E-state index < -0.39 is 21.3 Å². The number of hydroxylamine groups is 2. The van der Waals surface area contributed by atoms with Crippen molar-refractivity contribution in [1.29, 1.82) is 0 Å². The van der Waals surface area contributed by atoms with Gasteiger partial charge in [-0.25, -0.2) is 12.8 Å². The third-order valence-electron chi connectivity index (χ3n) is 5.62. The maximum atomic E-state index is 13.9. The van der Waals surface area contributed by atoms with E-state index in [1.54, 1.807) is 24.3 Å². The fraction of sp³-hybridized carbons (Fsp3) is 0.304. The van der Waals surface area contributed by atoms with Gasteiger partial charge in [-0.05, 0) is 48.2 Å². The van der Waals surface area contributed by atoms with Gasteiger partial charge in [0.2, 0.25) is 5.44 Å². The van der Waals surface area contributed by atoms with Crippen LogP contribution in [0, 0.1) is 17.9 Å². The Morgan fingerprint density at radius 3 is 2.59 bits per heavy atom. The molecule has 2 aromatic rings. The molecule has 2 unspecified atom stereocenters. The average Bonchev–Trinajstić information content (AvgIpc) is 2.75. The minimum Gasteiger partial charge on any atom is -0.758 e. The zero-order chi connectivity index (χ0) is 22.9. The largest absolute Gasteiger partial charge is 0.758 e. The van der Waals surface area contributed by atoms with Gasteiger partial charge in [0.1, 0.15) is 5.82 Å². The Morgan fingerprint density at radius 2 is 1.91 bits per heavy atom. The van der Waals surface area contributed by atoms with Gasteiger partial charge in [-0.15, -0.1) is 0 Å². The van der Waals surface area contributed by atoms with Crippen LogP contribution in [0.25, 0.3) is 5.70 Å². The van der Waals surface area contributed by atoms with Crippen LogP contribution in [-0.2, 0) is 21.0 Å². The summed E-state index contributed by atoms with van der Waals surface area (Å²) in [5, 5.41) is 20.9. The lowest BCUT2D eigenvalue weighted by atomic mass is 9.95. The van der Waals surface area contributed by atoms with E-state index in [0.29, 0.717) is 30.8 Å². The van der Waals surface area contributed by atoms with Gasteiger partial charge in [-0.2, -0.15) is 0 Å². The summed E-state index contributed by atoms with van der Waals surface area (Å²) in [7, 11) is -3.67. The molecule has 2 aliphatic rings. The van der Waals surface area contributed by atoms with Gasteiger partial charge in [0.05, 0.1) is 6.67 Å². The van der Waals surface area contributed by atoms with E-state index in [4.69, 9.17) is 4.74 Å². The second kappa shape index (κ2) is 8.93. The Balaban J connectivity index is 1.86. The van der Waals surface area contributed by atoms with Crippen LogP contribution in [0.2, 0.25) is 0 Å². The standard InChI is InChI=1S/C23H25FN3O4S/c1-15-5-3-4-6-18(15)21-12-22(32(2,29)30)31-23-19(13-25-14-26-23)20(27(21)28)11-16-7-9-17(24)10-8-16/h3-10,12,20,22,25-26H,11,13-14H2,1-2H3/q-1/b21-12-. The second-order valence-electron chi connectivity index (χ2n) is 7.99. The lowest BCUT2D eigenvalue weighted by Gasteiger charge is -2.46. The zero-order valence-corrected chi connectivity index (χ0v) is 18.7. The van der Waals surface area contributed by atoms with Crippen molar-refractivity contribution in [2.45, 2.75) is 24.8 Å². The maximum Gasteiger partial charge on any atom is 0.220 e. The quantitative estimate of drug-likeness (QED) is 0.728. The third-order valence-corrected chi connectivity index (χ3v) is 6.69. The number of nitrogens with one attached hydrogen (secondary N) is 2. The van der Waals surface area contributed by atoms with Crippen LogP contribution in [0.3, 0.4) is 0 Å². The van der Waals surface area contributed by atoms with Gasteiger partial charge < -0.3 is 20.3 Å². The molecule has 2 atom stereocenters. The van der Waals surface area contributed by atoms with Crippen LogP contribution in [0.1, 0.15) is 16.7 Å². The monoisotopic (exact) mass is 458 g/mol. The number of nitrogens with zero attached hydrogens (tertiary/aromatic N) is 1. The number of ether oxygens (including phenoxy) is 1. The summed E-state index contributed by atoms with van der Waals surface area (Å²) >= 11 is 0. The molecule has 0 fully saturated rings. The number of rotatable bonds is 4. The van der Waals surface area contributed by atoms with Gasteiger partial charge in [-0.3, -0.25) is 5.32 Å². The highest BCUT2D eigenvalue weighted by atomic mass is 32.2. The minimum atomic E-state index is -3.67. The first-order valence-electron chi connectivity index (χ1n) is 10.3. The van der Waals surface area contributed by atoms with Crippen LogP contribution in [-0.4, -0.2) is 44.4 Å². The first kappa shape index (κ1) is 22.3. The Morgan fingerprint density at radius 1 is 1.19 bits per heavy atom. The molecule has 170 valence electrons. The van der Waals surface area contributed by atoms with Crippen molar-refractivity contribution in [2.75, 3.05) is 19.5 Å². The summed E-state index contributed by atoms with van der Waals surface area (Å²) in [6.07, 6.45) is 2.75. The van der Waals surface area contributed by atoms with Crippen LogP contribution in [0.15, 0.2) is 66.1 Å². The highest BCUT2D eigenvalue weighted by Crippen LogP contribution is 2.33. The summed E-state index contributed by atoms with van der Waals surface area (Å²) in [5.74, 6) is -0.0710. The van der Waals surface area contributed by atoms with E-state index >= 15 is 0 Å². The molecular weight excluding hydrogens is 433 g/mol. The molecule has 2 aromatic carbocycles. The van der Waals surface area contributed by atoms with Gasteiger partial charge >= 0.3 is 0 Å². The van der Waals surface area contributed by atoms with Crippen molar-refractivity contribution in [2.24, 2.45) is 0 Å². The number of sulfone groups is 1. The third kappa shape index (κ3) is 4.64. The SMILES string of the molecule is Cc1ccccc1/C1=C/C(S(C)(=O)=O)OC2=C(CNCN2)C(Cc2ccc(F)cc2)N1[O-]. The Labute approximate surface area is 187 Å². The Bertz CT molecular complexity index is 1160. The smallest absolute Gasteiger partial charge is 0.220 e. The summed E-state index contributed by atoms with van der Waals surface area (Å²) in [6, 6.07) is 12.6. The van der Waals surface area contributed by atoms with E-state index in [1.165, 1.54) is 18.2 Å². The molecule has 2 heterocycles. The van der Waals surface area contributed by atoms with Crippen molar-refractivity contribution in [1.82, 2.24) is 15.7 Å². The van der Waals surface area contributed by atoms with Crippen molar-refractivity contribution in [3.8, 4) is 0 Å². The number of halogens is 1. The van der Waals surface area contributed by atoms with Crippen molar-refractivity contribution < 1.29 is 17.5 Å². The molecule has 2 N–H and O–H groups in total. The topological polar surface area (TPSA) is 93.7 Å². The molecule has 32 heavy (non-hydrogen) atoms. The number of hydrogen-bond donors (Lipinski definition) is 2. The Kier molecular flexibility index (Phi) is 6.23. The molecular formula is C23H25FN3O4S-. The van der Waals surface area contributed by atoms with Crippen molar-refractivity contribution >= 4 is 15.5 Å². The van der Waals surface area contributed by atoms with Gasteiger partial charge in [0.25, 0.3) is 0 Å². The molecule has 4 rings (SSSR count). The predicted octanol–water partition coefficient (Wildman–Crippen LogP) is 2.65. The van der Waals surface area contributed by atoms with Crippen LogP contribution >= 0.6 is 0 Å². The van der Waals surface area contributed by atoms with E-state index in [0.717, 1.165) is 22.4 Å². The number of aryl methyl sites for hydroxylation is 1. The van der Waals surface area contributed by atoms with Gasteiger partial charge in [-0.1, -0.05) is 36.4 Å². The fourth-order valence-corrected chi connectivity index (χ4v) is 4.56. The van der Waals surface area contributed by atoms with E-state index in [9.17, 15) is 18.0 Å². The molecule has 7 nitrogen and oxygen atoms in total. The molecule has 0 saturated heterocycles. The first-order valence-corrected chi connectivity index (χ1v) is 12.2. The maximum absolute atomic E-state index is 13.9. The predicted molar refractivity (Wildman–Crippen MR) is 121 cm³/mol. The van der Waals surface area contributed by atoms with E-state index in [2.05, 4.69) is 10.6 Å². The molecule has 0 spiro atoms. The molecule has 0 bridgehead atoms. The molecule has 9 heteroatoms. The molecule has 0 saturated carbocycles. The normalized spacial score (nSPS) is 23.2. The highest BCUT2D eigenvalue weighted by molar-refractivity contribution is 7.91. The molecule has 0 aromatic heterocycles. The summed E-state index contributed by atoms with van der Waals surface area (Å²) in [5.41, 5.74) is 1.76. The molecule has 0 amide bonds. The van der Waals surface area contributed by atoms with E-state index in [-0.39, 0.29) is 17.4 Å². The molecule has 0 radical (unpaired) electrons. The minimum absolute atomic E-state index is 0.225. The number of hydrogen-bond acceptors (Lipinski definition) is 7. The highest BCUT2D eigenvalue weighted by Gasteiger charge is 2.33. The summed E-state index contributed by atoms with van der Waals surface area (Å²) in [4.78, 5) is 0. The van der Waals surface area contributed by atoms with Crippen LogP contribution in [0.4, 0.5) is 4.39 Å². The Hall–Kier alpha value is -2.88. The zero-order valence-electron chi connectivity index (χ0n) is 17.8. The van der Waals surface area contributed by atoms with Gasteiger partial charge in [0, 0.05) is 30.1 Å². The molecule has 0 aliphatic carbocycles. The molecule has 2 aliphatic heterocycles. The summed E-state index contributed by atoms with van der Waals surface area (Å²) in [6.45, 7) is 2.60. The number of benzene rings is 2. The van der Waals surface area contributed by atoms with Crippen LogP contribution < -0.4 is 10.6 Å². The first-order chi connectivity index (χ1) is 15.2. The van der Waals surface area contributed by atoms with Crippen molar-refractivity contribution in [3.05, 3.63) is 93.8 Å². The lowest BCUT2D eigenvalue weighted by Crippen LogP contribution is -2.47. The second-order valence-corrected chi connectivity index (χ2v) is 10.1. The lowest BCUT2D eigenvalue weighted by molar-refractivity contribution is 0.167. The van der Waals surface area contributed by atoms with E-state index in [1.807, 2.05) is 19.1 Å². The van der Waals surface area contributed by atoms with Crippen molar-refractivity contribution in [3.63, 3.8) is 0 Å². The van der Waals surface area contributed by atoms with Gasteiger partial charge in [0.15, 0.2) is 15.7 Å². The summed E-state index contributed by atoms with van der Waals surface area (Å²) < 4.78 is 44.4.